The van der Waals surface area contributed by atoms with E-state index in [1.54, 1.807) is 22.3 Å². The topological polar surface area (TPSA) is 0 Å². The minimum absolute atomic E-state index is 0.104. The van der Waals surface area contributed by atoms with Gasteiger partial charge in [-0.15, -0.1) is 0 Å². The van der Waals surface area contributed by atoms with Crippen molar-refractivity contribution in [2.75, 3.05) is 0 Å². The van der Waals surface area contributed by atoms with Gasteiger partial charge < -0.3 is 0 Å². The SMILES string of the molecule is CC1=C(C)C2(C)C3(C)P4P(C13C)C1(C)C(C)=C(C)C4(C)C12C. The van der Waals surface area contributed by atoms with Crippen LogP contribution in [0.3, 0.4) is 0 Å². The third kappa shape index (κ3) is 0.686. The van der Waals surface area contributed by atoms with E-state index in [4.69, 9.17) is 0 Å². The smallest absolute Gasteiger partial charge is 0.0237 e. The second-order valence-corrected chi connectivity index (χ2v) is 16.9. The van der Waals surface area contributed by atoms with Gasteiger partial charge >= 0.3 is 0 Å². The van der Waals surface area contributed by atoms with Crippen LogP contribution in [-0.4, -0.2) is 20.6 Å². The van der Waals surface area contributed by atoms with Gasteiger partial charge in [-0.05, 0) is 27.7 Å². The lowest BCUT2D eigenvalue weighted by Gasteiger charge is -2.77. The second kappa shape index (κ2) is 2.99. The van der Waals surface area contributed by atoms with Gasteiger partial charge in [0.05, 0.1) is 0 Å². The first-order valence-corrected chi connectivity index (χ1v) is 12.2. The molecule has 3 heterocycles. The number of hydrogen-bond acceptors (Lipinski definition) is 0. The van der Waals surface area contributed by atoms with Gasteiger partial charge in [0.15, 0.2) is 0 Å². The summed E-state index contributed by atoms with van der Waals surface area (Å²) in [4.78, 5) is 0. The molecule has 22 heavy (non-hydrogen) atoms. The molecular formula is C20H30P2. The molecule has 4 bridgehead atoms. The van der Waals surface area contributed by atoms with Crippen molar-refractivity contribution in [3.63, 3.8) is 0 Å². The summed E-state index contributed by atoms with van der Waals surface area (Å²) in [7, 11) is 0.229. The van der Waals surface area contributed by atoms with Crippen molar-refractivity contribution in [1.82, 2.24) is 0 Å². The van der Waals surface area contributed by atoms with Crippen LogP contribution in [0.1, 0.15) is 69.2 Å². The lowest BCUT2D eigenvalue weighted by molar-refractivity contribution is 0.0443. The summed E-state index contributed by atoms with van der Waals surface area (Å²) >= 11 is 0. The van der Waals surface area contributed by atoms with Crippen LogP contribution < -0.4 is 0 Å². The van der Waals surface area contributed by atoms with Crippen molar-refractivity contribution in [2.24, 2.45) is 10.8 Å². The number of allylic oxidation sites excluding steroid dienone is 4. The number of hydrogen-bond donors (Lipinski definition) is 0. The molecule has 0 aromatic heterocycles. The first-order chi connectivity index (χ1) is 9.87. The quantitative estimate of drug-likeness (QED) is 0.344. The van der Waals surface area contributed by atoms with Crippen LogP contribution in [0.5, 0.6) is 0 Å². The Hall–Kier alpha value is 0.340. The van der Waals surface area contributed by atoms with Crippen LogP contribution in [-0.2, 0) is 0 Å². The first-order valence-electron chi connectivity index (χ1n) is 8.84. The van der Waals surface area contributed by atoms with E-state index in [1.807, 2.05) is 0 Å². The van der Waals surface area contributed by atoms with Crippen LogP contribution in [0.2, 0.25) is 0 Å². The summed E-state index contributed by atoms with van der Waals surface area (Å²) in [5, 5.41) is 2.05. The Bertz CT molecular complexity index is 762. The zero-order chi connectivity index (χ0) is 16.5. The van der Waals surface area contributed by atoms with Gasteiger partial charge in [-0.25, -0.2) is 0 Å². The van der Waals surface area contributed by atoms with Gasteiger partial charge in [-0.3, -0.25) is 0 Å². The number of fused-ring (bicyclic) bond motifs is 2. The molecule has 2 heteroatoms. The second-order valence-electron chi connectivity index (χ2n) is 9.66. The Labute approximate surface area is 138 Å². The molecule has 0 amide bonds. The molecule has 3 saturated heterocycles. The van der Waals surface area contributed by atoms with Gasteiger partial charge in [0.2, 0.25) is 0 Å². The lowest BCUT2D eigenvalue weighted by Crippen LogP contribution is -2.69. The highest BCUT2D eigenvalue weighted by Crippen LogP contribution is 3.21. The predicted molar refractivity (Wildman–Crippen MR) is 100 cm³/mol. The van der Waals surface area contributed by atoms with Crippen molar-refractivity contribution in [1.29, 1.82) is 0 Å². The Morgan fingerprint density at radius 1 is 0.545 bits per heavy atom. The van der Waals surface area contributed by atoms with Crippen LogP contribution in [0.4, 0.5) is 0 Å². The highest BCUT2D eigenvalue weighted by Gasteiger charge is 3.01. The molecule has 3 fully saturated rings. The molecular weight excluding hydrogens is 302 g/mol. The maximum atomic E-state index is 2.71. The van der Waals surface area contributed by atoms with Crippen LogP contribution >= 0.6 is 15.2 Å². The summed E-state index contributed by atoms with van der Waals surface area (Å²) in [5.74, 6) is 0. The molecule has 0 spiro atoms. The Morgan fingerprint density at radius 3 is 1.45 bits per heavy atom. The Morgan fingerprint density at radius 2 is 0.955 bits per heavy atom. The Kier molecular flexibility index (Phi) is 1.99. The number of rotatable bonds is 0. The molecule has 3 aliphatic heterocycles. The largest absolute Gasteiger partial charge is 0.0659 e. The van der Waals surface area contributed by atoms with Gasteiger partial charge in [-0.1, -0.05) is 79.1 Å². The molecule has 0 radical (unpaired) electrons. The van der Waals surface area contributed by atoms with E-state index >= 15 is 0 Å². The van der Waals surface area contributed by atoms with Crippen LogP contribution in [0.15, 0.2) is 22.3 Å². The first kappa shape index (κ1) is 14.7. The minimum atomic E-state index is 0.104. The lowest BCUT2D eigenvalue weighted by atomic mass is 9.49. The van der Waals surface area contributed by atoms with Gasteiger partial charge in [-0.2, -0.15) is 0 Å². The van der Waals surface area contributed by atoms with E-state index in [9.17, 15) is 0 Å². The van der Waals surface area contributed by atoms with Crippen LogP contribution in [0, 0.1) is 10.8 Å². The normalized spacial score (nSPS) is 70.1. The van der Waals surface area contributed by atoms with Gasteiger partial charge in [0, 0.05) is 31.5 Å². The zero-order valence-electron chi connectivity index (χ0n) is 15.9. The fourth-order valence-electron chi connectivity index (χ4n) is 8.92. The highest BCUT2D eigenvalue weighted by atomic mass is 32.1. The molecule has 0 aromatic rings. The minimum Gasteiger partial charge on any atom is -0.0659 e. The maximum Gasteiger partial charge on any atom is 0.0237 e. The molecule has 2 aliphatic carbocycles. The summed E-state index contributed by atoms with van der Waals surface area (Å²) < 4.78 is 0. The van der Waals surface area contributed by atoms with E-state index in [0.717, 1.165) is 0 Å². The molecule has 120 valence electrons. The fourth-order valence-corrected chi connectivity index (χ4v) is 26.7. The standard InChI is InChI=1S/C20H30P2/c1-11-12(2)18(8)20(10)15(11,5)19(9)16(6)13(3)14(4)17(19,7)22(20)21(16)18/h1-10H3. The van der Waals surface area contributed by atoms with Crippen molar-refractivity contribution in [2.45, 2.75) is 89.9 Å². The molecule has 0 aromatic carbocycles. The molecule has 5 rings (SSSR count). The van der Waals surface area contributed by atoms with E-state index in [-0.39, 0.29) is 15.2 Å². The molecule has 5 aliphatic rings. The summed E-state index contributed by atoms with van der Waals surface area (Å²) in [6.07, 6.45) is 0. The summed E-state index contributed by atoms with van der Waals surface area (Å²) in [6.45, 7) is 26.1. The molecule has 8 unspecified atom stereocenters. The van der Waals surface area contributed by atoms with Crippen LogP contribution in [0.25, 0.3) is 0 Å². The average Bonchev–Trinajstić information content (AvgIpc) is 2.79. The highest BCUT2D eigenvalue weighted by molar-refractivity contribution is 8.37. The van der Waals surface area contributed by atoms with Gasteiger partial charge in [0.1, 0.15) is 0 Å². The summed E-state index contributed by atoms with van der Waals surface area (Å²) in [6, 6.07) is 0. The van der Waals surface area contributed by atoms with Crippen molar-refractivity contribution >= 4 is 15.2 Å². The average molecular weight is 332 g/mol. The van der Waals surface area contributed by atoms with E-state index < -0.39 is 0 Å². The predicted octanol–water partition coefficient (Wildman–Crippen LogP) is 6.65. The van der Waals surface area contributed by atoms with E-state index in [2.05, 4.69) is 69.2 Å². The third-order valence-electron chi connectivity index (χ3n) is 10.8. The van der Waals surface area contributed by atoms with Gasteiger partial charge in [0.25, 0.3) is 0 Å². The molecule has 8 atom stereocenters. The molecule has 0 saturated carbocycles. The van der Waals surface area contributed by atoms with Crippen molar-refractivity contribution in [3.05, 3.63) is 22.3 Å². The van der Waals surface area contributed by atoms with E-state index in [0.29, 0.717) is 31.5 Å². The fraction of sp³-hybridized carbons (Fsp3) is 0.800. The van der Waals surface area contributed by atoms with E-state index in [1.165, 1.54) is 0 Å². The zero-order valence-corrected chi connectivity index (χ0v) is 17.7. The molecule has 0 nitrogen and oxygen atoms in total. The Balaban J connectivity index is 2.01. The maximum absolute atomic E-state index is 2.71. The monoisotopic (exact) mass is 332 g/mol. The molecule has 0 N–H and O–H groups in total. The summed E-state index contributed by atoms with van der Waals surface area (Å²) in [5.41, 5.74) is 7.95. The van der Waals surface area contributed by atoms with Crippen molar-refractivity contribution in [3.8, 4) is 0 Å². The third-order valence-corrected chi connectivity index (χ3v) is 24.0. The van der Waals surface area contributed by atoms with Crippen molar-refractivity contribution < 1.29 is 0 Å².